The van der Waals surface area contributed by atoms with Crippen LogP contribution < -0.4 is 0 Å². The van der Waals surface area contributed by atoms with Crippen molar-refractivity contribution < 1.29 is 80.2 Å². The first-order valence-corrected chi connectivity index (χ1v) is 42.7. The van der Waals surface area contributed by atoms with E-state index in [0.717, 1.165) is 193 Å². The molecular formula is C85H140O17P2. The summed E-state index contributed by atoms with van der Waals surface area (Å²) in [5.41, 5.74) is 0. The molecule has 0 aromatic heterocycles. The summed E-state index contributed by atoms with van der Waals surface area (Å²) in [7, 11) is -10.00. The van der Waals surface area contributed by atoms with Gasteiger partial charge in [0.15, 0.2) is 12.2 Å². The molecule has 0 aliphatic heterocycles. The van der Waals surface area contributed by atoms with E-state index in [2.05, 4.69) is 167 Å². The van der Waals surface area contributed by atoms with Gasteiger partial charge in [-0.3, -0.25) is 37.3 Å². The van der Waals surface area contributed by atoms with Crippen LogP contribution in [0.4, 0.5) is 0 Å². The molecule has 19 heteroatoms. The van der Waals surface area contributed by atoms with Gasteiger partial charge in [-0.25, -0.2) is 9.13 Å². The third-order valence-electron chi connectivity index (χ3n) is 15.9. The number of unbranched alkanes of at least 4 members (excludes halogenated alkanes) is 21. The van der Waals surface area contributed by atoms with Crippen molar-refractivity contribution >= 4 is 39.5 Å². The monoisotopic (exact) mass is 1490 g/mol. The van der Waals surface area contributed by atoms with Gasteiger partial charge in [-0.15, -0.1) is 0 Å². The van der Waals surface area contributed by atoms with E-state index >= 15 is 0 Å². The molecule has 0 bridgehead atoms. The van der Waals surface area contributed by atoms with E-state index in [0.29, 0.717) is 32.1 Å². The van der Waals surface area contributed by atoms with Crippen molar-refractivity contribution in [2.24, 2.45) is 0 Å². The number of ether oxygens (including phenoxy) is 4. The van der Waals surface area contributed by atoms with E-state index in [1.54, 1.807) is 0 Å². The molecule has 592 valence electrons. The van der Waals surface area contributed by atoms with Gasteiger partial charge in [-0.05, 0) is 154 Å². The maximum absolute atomic E-state index is 13.1. The second-order valence-corrected chi connectivity index (χ2v) is 28.8. The zero-order valence-electron chi connectivity index (χ0n) is 64.6. The zero-order valence-corrected chi connectivity index (χ0v) is 66.4. The molecule has 0 amide bonds. The van der Waals surface area contributed by atoms with E-state index in [-0.39, 0.29) is 25.7 Å². The average molecular weight is 1500 g/mol. The highest BCUT2D eigenvalue weighted by Crippen LogP contribution is 2.45. The Morgan fingerprint density at radius 1 is 0.279 bits per heavy atom. The van der Waals surface area contributed by atoms with Gasteiger partial charge in [-0.2, -0.15) is 0 Å². The van der Waals surface area contributed by atoms with Crippen molar-refractivity contribution in [3.05, 3.63) is 158 Å². The van der Waals surface area contributed by atoms with Crippen LogP contribution in [0.25, 0.3) is 0 Å². The summed E-state index contributed by atoms with van der Waals surface area (Å²) >= 11 is 0. The number of carbonyl (C=O) groups is 4. The standard InChI is InChI=1S/C85H140O17P2/c1-5-9-13-17-21-25-29-33-35-37-39-41-43-47-49-53-57-61-65-69-82(87)95-75-80(101-84(89)71-67-63-59-55-51-45-31-27-23-19-15-11-7-3)77-99-103(91,92)97-73-79(86)74-98-104(93,94)100-78-81(102-85(90)72-68-64-60-56-52-46-32-28-24-20-16-12-8-4)76-96-83(88)70-66-62-58-54-50-48-44-42-40-38-36-34-30-26-22-18-14-10-6-2/h9,13,15-16,19-22,25-28,31-36,39-42,47,49,57,61,79-81,86H,5-8,10-12,14,17-18,23-24,29-30,37-38,43-46,48,50-56,58-60,62-78H2,1-4H3,(H,91,92)(H,93,94)/b13-9-,19-15-,20-16-,25-21-,26-22-,31-27-,32-28-,35-33-,36-34-,41-39-,42-40-,49-47-,61-57-. The summed E-state index contributed by atoms with van der Waals surface area (Å²) in [6, 6.07) is 0. The molecule has 0 aromatic carbocycles. The highest BCUT2D eigenvalue weighted by molar-refractivity contribution is 7.47. The fourth-order valence-electron chi connectivity index (χ4n) is 9.92. The Balaban J connectivity index is 5.42. The maximum atomic E-state index is 13.1. The SMILES string of the molecule is CC/C=C\C/C=C\C/C=C\C/C=C\C/C=C\C/C=C\CCC(=O)OCC(COP(=O)(O)OCC(O)COP(=O)(O)OCC(COC(=O)CCCCCCCC/C=C\C/C=C\C/C=C\CCCCC)OC(=O)CCCCCCC/C=C\C/C=C\CCC)OC(=O)CCCCCCC/C=C\C/C=C\CCC. The van der Waals surface area contributed by atoms with E-state index in [1.807, 2.05) is 18.2 Å². The molecule has 17 nitrogen and oxygen atoms in total. The second-order valence-electron chi connectivity index (χ2n) is 25.9. The predicted molar refractivity (Wildman–Crippen MR) is 427 cm³/mol. The Morgan fingerprint density at radius 3 is 0.865 bits per heavy atom. The Bertz CT molecular complexity index is 2590. The van der Waals surface area contributed by atoms with Crippen molar-refractivity contribution in [1.29, 1.82) is 0 Å². The number of carbonyl (C=O) groups excluding carboxylic acids is 4. The molecule has 0 rings (SSSR count). The van der Waals surface area contributed by atoms with Crippen molar-refractivity contribution in [2.75, 3.05) is 39.6 Å². The first-order valence-electron chi connectivity index (χ1n) is 39.7. The average Bonchev–Trinajstić information content (AvgIpc) is 0.913. The zero-order chi connectivity index (χ0) is 76.0. The second kappa shape index (κ2) is 75.9. The van der Waals surface area contributed by atoms with Gasteiger partial charge in [0.2, 0.25) is 0 Å². The minimum Gasteiger partial charge on any atom is -0.462 e. The number of aliphatic hydroxyl groups is 1. The Labute approximate surface area is 629 Å². The van der Waals surface area contributed by atoms with Crippen molar-refractivity contribution in [2.45, 2.75) is 316 Å². The number of phosphoric acid groups is 2. The van der Waals surface area contributed by atoms with Crippen LogP contribution in [0.2, 0.25) is 0 Å². The van der Waals surface area contributed by atoms with Crippen molar-refractivity contribution in [3.8, 4) is 0 Å². The molecule has 0 saturated heterocycles. The largest absolute Gasteiger partial charge is 0.472 e. The quantitative estimate of drug-likeness (QED) is 0.0169. The number of allylic oxidation sites excluding steroid dienone is 26. The van der Waals surface area contributed by atoms with Gasteiger partial charge in [0, 0.05) is 25.7 Å². The van der Waals surface area contributed by atoms with E-state index in [4.69, 9.17) is 37.0 Å². The van der Waals surface area contributed by atoms with Crippen LogP contribution in [0.1, 0.15) is 297 Å². The number of aliphatic hydroxyl groups excluding tert-OH is 1. The van der Waals surface area contributed by atoms with Crippen LogP contribution in [0.15, 0.2) is 158 Å². The molecule has 0 radical (unpaired) electrons. The maximum Gasteiger partial charge on any atom is 0.472 e. The predicted octanol–water partition coefficient (Wildman–Crippen LogP) is 23.2. The molecule has 104 heavy (non-hydrogen) atoms. The van der Waals surface area contributed by atoms with E-state index in [1.165, 1.54) is 19.3 Å². The van der Waals surface area contributed by atoms with Crippen molar-refractivity contribution in [3.63, 3.8) is 0 Å². The molecule has 0 saturated carbocycles. The van der Waals surface area contributed by atoms with Crippen LogP contribution in [-0.2, 0) is 65.4 Å². The number of hydrogen-bond acceptors (Lipinski definition) is 15. The minimum absolute atomic E-state index is 0.0280. The summed E-state index contributed by atoms with van der Waals surface area (Å²) < 4.78 is 68.5. The van der Waals surface area contributed by atoms with Gasteiger partial charge in [0.05, 0.1) is 26.4 Å². The lowest BCUT2D eigenvalue weighted by Gasteiger charge is -2.21. The van der Waals surface area contributed by atoms with E-state index in [9.17, 15) is 43.2 Å². The molecule has 3 N–H and O–H groups in total. The lowest BCUT2D eigenvalue weighted by atomic mass is 10.1. The Hall–Kier alpha value is -5.32. The van der Waals surface area contributed by atoms with Gasteiger partial charge in [-0.1, -0.05) is 276 Å². The number of phosphoric ester groups is 2. The lowest BCUT2D eigenvalue weighted by Crippen LogP contribution is -2.30. The topological polar surface area (TPSA) is 237 Å². The van der Waals surface area contributed by atoms with Crippen LogP contribution in [0.5, 0.6) is 0 Å². The Kier molecular flexibility index (Phi) is 72.0. The summed E-state index contributed by atoms with van der Waals surface area (Å²) in [5, 5.41) is 10.6. The van der Waals surface area contributed by atoms with Crippen LogP contribution in [0, 0.1) is 0 Å². The molecule has 5 atom stereocenters. The smallest absolute Gasteiger partial charge is 0.462 e. The fraction of sp³-hybridized carbons (Fsp3) is 0.647. The number of hydrogen-bond donors (Lipinski definition) is 3. The van der Waals surface area contributed by atoms with Crippen LogP contribution >= 0.6 is 15.6 Å². The summed E-state index contributed by atoms with van der Waals surface area (Å²) in [5.74, 6) is -2.33. The Morgan fingerprint density at radius 2 is 0.538 bits per heavy atom. The molecule has 5 unspecified atom stereocenters. The molecule has 0 aromatic rings. The van der Waals surface area contributed by atoms with Gasteiger partial charge >= 0.3 is 39.5 Å². The van der Waals surface area contributed by atoms with Crippen LogP contribution in [0.3, 0.4) is 0 Å². The highest BCUT2D eigenvalue weighted by atomic mass is 31.2. The van der Waals surface area contributed by atoms with E-state index < -0.39 is 97.5 Å². The number of rotatable bonds is 73. The van der Waals surface area contributed by atoms with Crippen molar-refractivity contribution in [1.82, 2.24) is 0 Å². The van der Waals surface area contributed by atoms with Crippen LogP contribution in [-0.4, -0.2) is 96.7 Å². The molecule has 0 fully saturated rings. The molecule has 0 spiro atoms. The van der Waals surface area contributed by atoms with Gasteiger partial charge in [0.25, 0.3) is 0 Å². The molecule has 0 aliphatic carbocycles. The normalized spacial score (nSPS) is 14.7. The minimum atomic E-state index is -5.00. The summed E-state index contributed by atoms with van der Waals surface area (Å²) in [6.45, 7) is 4.46. The van der Waals surface area contributed by atoms with Gasteiger partial charge < -0.3 is 33.8 Å². The lowest BCUT2D eigenvalue weighted by molar-refractivity contribution is -0.161. The third-order valence-corrected chi connectivity index (χ3v) is 17.8. The van der Waals surface area contributed by atoms with Gasteiger partial charge in [0.1, 0.15) is 19.3 Å². The highest BCUT2D eigenvalue weighted by Gasteiger charge is 2.30. The molecular weight excluding hydrogens is 1350 g/mol. The number of esters is 4. The summed E-state index contributed by atoms with van der Waals surface area (Å²) in [4.78, 5) is 72.9. The third kappa shape index (κ3) is 74.9. The first kappa shape index (κ1) is 98.7. The first-order chi connectivity index (χ1) is 50.7. The molecule has 0 aliphatic rings. The summed E-state index contributed by atoms with van der Waals surface area (Å²) in [6.07, 6.45) is 88.1. The fourth-order valence-corrected chi connectivity index (χ4v) is 11.5. The molecule has 0 heterocycles.